The van der Waals surface area contributed by atoms with Gasteiger partial charge in [-0.1, -0.05) is 25.1 Å². The Morgan fingerprint density at radius 3 is 2.69 bits per heavy atom. The largest absolute Gasteiger partial charge is 0.493 e. The van der Waals surface area contributed by atoms with Gasteiger partial charge in [-0.2, -0.15) is 9.36 Å². The zero-order chi connectivity index (χ0) is 18.4. The van der Waals surface area contributed by atoms with Gasteiger partial charge in [0.15, 0.2) is 17.3 Å². The lowest BCUT2D eigenvalue weighted by molar-refractivity contribution is 0.102. The molecule has 0 atom stereocenters. The van der Waals surface area contributed by atoms with Crippen LogP contribution >= 0.6 is 11.5 Å². The van der Waals surface area contributed by atoms with Crippen LogP contribution in [0.15, 0.2) is 48.5 Å². The van der Waals surface area contributed by atoms with Gasteiger partial charge >= 0.3 is 0 Å². The van der Waals surface area contributed by atoms with Crippen molar-refractivity contribution < 1.29 is 14.3 Å². The Morgan fingerprint density at radius 1 is 1.15 bits per heavy atom. The number of carbonyl (C=O) groups is 1. The van der Waals surface area contributed by atoms with Gasteiger partial charge in [0.25, 0.3) is 5.91 Å². The molecule has 0 bridgehead atoms. The smallest absolute Gasteiger partial charge is 0.257 e. The summed E-state index contributed by atoms with van der Waals surface area (Å²) in [6, 6.07) is 14.5. The summed E-state index contributed by atoms with van der Waals surface area (Å²) in [6.07, 6.45) is 0.920. The Balaban J connectivity index is 1.76. The molecule has 0 aliphatic heterocycles. The van der Waals surface area contributed by atoms with Gasteiger partial charge in [-0.15, -0.1) is 0 Å². The molecule has 0 radical (unpaired) electrons. The van der Waals surface area contributed by atoms with Crippen LogP contribution in [-0.4, -0.2) is 29.0 Å². The molecule has 3 rings (SSSR count). The lowest BCUT2D eigenvalue weighted by atomic mass is 10.2. The highest BCUT2D eigenvalue weighted by atomic mass is 32.1. The number of nitrogens with zero attached hydrogens (tertiary/aromatic N) is 2. The summed E-state index contributed by atoms with van der Waals surface area (Å²) >= 11 is 1.13. The van der Waals surface area contributed by atoms with Crippen molar-refractivity contribution in [1.82, 2.24) is 9.36 Å². The molecule has 6 nitrogen and oxygen atoms in total. The van der Waals surface area contributed by atoms with Crippen LogP contribution in [-0.2, 0) is 0 Å². The van der Waals surface area contributed by atoms with Gasteiger partial charge in [0.1, 0.15) is 0 Å². The first-order chi connectivity index (χ1) is 12.7. The van der Waals surface area contributed by atoms with Crippen LogP contribution in [0.4, 0.5) is 5.13 Å². The highest BCUT2D eigenvalue weighted by molar-refractivity contribution is 7.10. The number of nitrogens with one attached hydrogen (secondary N) is 1. The fourth-order valence-electron chi connectivity index (χ4n) is 2.29. The van der Waals surface area contributed by atoms with Crippen molar-refractivity contribution >= 4 is 22.6 Å². The monoisotopic (exact) mass is 369 g/mol. The second-order valence-corrected chi connectivity index (χ2v) is 6.21. The fourth-order valence-corrected chi connectivity index (χ4v) is 2.87. The molecule has 0 spiro atoms. The Kier molecular flexibility index (Phi) is 5.80. The number of amides is 1. The first-order valence-electron chi connectivity index (χ1n) is 8.22. The molecule has 1 heterocycles. The molecule has 0 aliphatic carbocycles. The topological polar surface area (TPSA) is 73.3 Å². The van der Waals surface area contributed by atoms with Crippen molar-refractivity contribution in [2.24, 2.45) is 0 Å². The number of benzene rings is 2. The lowest BCUT2D eigenvalue weighted by Crippen LogP contribution is -2.11. The molecule has 0 saturated heterocycles. The molecule has 0 unspecified atom stereocenters. The molecule has 0 aliphatic rings. The number of rotatable bonds is 7. The molecule has 1 aromatic heterocycles. The van der Waals surface area contributed by atoms with E-state index in [2.05, 4.69) is 14.7 Å². The standard InChI is InChI=1S/C19H19N3O3S/c1-3-11-25-15-10-9-14(12-16(15)24-2)17-20-19(26-22-17)21-18(23)13-7-5-4-6-8-13/h4-10,12H,3,11H2,1-2H3,(H,20,21,22,23). The van der Waals surface area contributed by atoms with Gasteiger partial charge in [0.05, 0.1) is 13.7 Å². The van der Waals surface area contributed by atoms with E-state index >= 15 is 0 Å². The minimum absolute atomic E-state index is 0.214. The van der Waals surface area contributed by atoms with Crippen LogP contribution in [0.1, 0.15) is 23.7 Å². The minimum Gasteiger partial charge on any atom is -0.493 e. The molecule has 7 heteroatoms. The summed E-state index contributed by atoms with van der Waals surface area (Å²) in [5, 5.41) is 3.21. The Bertz CT molecular complexity index is 881. The maximum Gasteiger partial charge on any atom is 0.257 e. The number of anilines is 1. The van der Waals surface area contributed by atoms with E-state index in [0.717, 1.165) is 23.5 Å². The molecule has 26 heavy (non-hydrogen) atoms. The molecule has 1 N–H and O–H groups in total. The quantitative estimate of drug-likeness (QED) is 0.674. The predicted octanol–water partition coefficient (Wildman–Crippen LogP) is 4.25. The van der Waals surface area contributed by atoms with Crippen LogP contribution in [0.5, 0.6) is 11.5 Å². The van der Waals surface area contributed by atoms with E-state index in [1.807, 2.05) is 43.3 Å². The molecule has 134 valence electrons. The maximum atomic E-state index is 12.2. The van der Waals surface area contributed by atoms with E-state index in [0.29, 0.717) is 34.6 Å². The fraction of sp³-hybridized carbons (Fsp3) is 0.211. The van der Waals surface area contributed by atoms with E-state index in [9.17, 15) is 4.79 Å². The van der Waals surface area contributed by atoms with Crippen LogP contribution in [0.3, 0.4) is 0 Å². The van der Waals surface area contributed by atoms with Crippen molar-refractivity contribution in [3.8, 4) is 22.9 Å². The van der Waals surface area contributed by atoms with E-state index < -0.39 is 0 Å². The Labute approximate surface area is 156 Å². The first-order valence-corrected chi connectivity index (χ1v) is 9.00. The van der Waals surface area contributed by atoms with Crippen LogP contribution in [0, 0.1) is 0 Å². The molecular formula is C19H19N3O3S. The van der Waals surface area contributed by atoms with Gasteiger partial charge in [0, 0.05) is 22.7 Å². The zero-order valence-corrected chi connectivity index (χ0v) is 15.4. The van der Waals surface area contributed by atoms with Crippen molar-refractivity contribution in [1.29, 1.82) is 0 Å². The third kappa shape index (κ3) is 4.18. The van der Waals surface area contributed by atoms with Crippen molar-refractivity contribution in [2.75, 3.05) is 19.0 Å². The van der Waals surface area contributed by atoms with Gasteiger partial charge in [-0.3, -0.25) is 10.1 Å². The number of methoxy groups -OCH3 is 1. The summed E-state index contributed by atoms with van der Waals surface area (Å²) in [4.78, 5) is 16.6. The average Bonchev–Trinajstić information content (AvgIpc) is 3.15. The second kappa shape index (κ2) is 8.44. The third-order valence-corrected chi connectivity index (χ3v) is 4.20. The number of carbonyl (C=O) groups excluding carboxylic acids is 1. The normalized spacial score (nSPS) is 10.4. The summed E-state index contributed by atoms with van der Waals surface area (Å²) in [7, 11) is 1.60. The molecule has 2 aromatic carbocycles. The highest BCUT2D eigenvalue weighted by Crippen LogP contribution is 2.32. The Morgan fingerprint density at radius 2 is 1.96 bits per heavy atom. The SMILES string of the molecule is CCCOc1ccc(-c2nsc(NC(=O)c3ccccc3)n2)cc1OC. The van der Waals surface area contributed by atoms with Crippen molar-refractivity contribution in [2.45, 2.75) is 13.3 Å². The first kappa shape index (κ1) is 17.9. The number of hydrogen-bond donors (Lipinski definition) is 1. The predicted molar refractivity (Wildman–Crippen MR) is 102 cm³/mol. The highest BCUT2D eigenvalue weighted by Gasteiger charge is 2.13. The zero-order valence-electron chi connectivity index (χ0n) is 14.6. The van der Waals surface area contributed by atoms with Crippen LogP contribution in [0.2, 0.25) is 0 Å². The Hall–Kier alpha value is -2.93. The average molecular weight is 369 g/mol. The van der Waals surface area contributed by atoms with E-state index in [-0.39, 0.29) is 5.91 Å². The minimum atomic E-state index is -0.214. The molecule has 0 fully saturated rings. The lowest BCUT2D eigenvalue weighted by Gasteiger charge is -2.10. The number of ether oxygens (including phenoxy) is 2. The summed E-state index contributed by atoms with van der Waals surface area (Å²) in [6.45, 7) is 2.67. The van der Waals surface area contributed by atoms with E-state index in [4.69, 9.17) is 9.47 Å². The van der Waals surface area contributed by atoms with Gasteiger partial charge in [-0.05, 0) is 36.8 Å². The van der Waals surface area contributed by atoms with Gasteiger partial charge in [0.2, 0.25) is 5.13 Å². The van der Waals surface area contributed by atoms with Crippen molar-refractivity contribution in [3.63, 3.8) is 0 Å². The second-order valence-electron chi connectivity index (χ2n) is 5.46. The summed E-state index contributed by atoms with van der Waals surface area (Å²) in [5.74, 6) is 1.62. The number of hydrogen-bond acceptors (Lipinski definition) is 6. The van der Waals surface area contributed by atoms with Gasteiger partial charge in [-0.25, -0.2) is 0 Å². The molecule has 3 aromatic rings. The molecule has 0 saturated carbocycles. The van der Waals surface area contributed by atoms with E-state index in [1.54, 1.807) is 19.2 Å². The maximum absolute atomic E-state index is 12.2. The van der Waals surface area contributed by atoms with E-state index in [1.165, 1.54) is 0 Å². The van der Waals surface area contributed by atoms with Crippen LogP contribution in [0.25, 0.3) is 11.4 Å². The summed E-state index contributed by atoms with van der Waals surface area (Å²) < 4.78 is 15.4. The number of aromatic nitrogens is 2. The van der Waals surface area contributed by atoms with Gasteiger partial charge < -0.3 is 9.47 Å². The molecular weight excluding hydrogens is 350 g/mol. The van der Waals surface area contributed by atoms with Crippen LogP contribution < -0.4 is 14.8 Å². The van der Waals surface area contributed by atoms with Crippen molar-refractivity contribution in [3.05, 3.63) is 54.1 Å². The molecule has 1 amide bonds. The summed E-state index contributed by atoms with van der Waals surface area (Å²) in [5.41, 5.74) is 1.37. The third-order valence-electron chi connectivity index (χ3n) is 3.57.